The van der Waals surface area contributed by atoms with Crippen LogP contribution in [0.2, 0.25) is 24.2 Å². The summed E-state index contributed by atoms with van der Waals surface area (Å²) in [7, 11) is 0.421. The molecule has 6 rings (SSSR count). The highest BCUT2D eigenvalue weighted by molar-refractivity contribution is 6.80. The van der Waals surface area contributed by atoms with Crippen LogP contribution in [0, 0.1) is 105 Å². The topological polar surface area (TPSA) is 9.23 Å². The second-order valence-corrected chi connectivity index (χ2v) is 31.6. The zero-order chi connectivity index (χ0) is 39.2. The highest BCUT2D eigenvalue weighted by atomic mass is 28.3. The van der Waals surface area contributed by atoms with E-state index in [2.05, 4.69) is 117 Å². The molecule has 0 bridgehead atoms. The molecule has 0 saturated heterocycles. The number of rotatable bonds is 5. The van der Waals surface area contributed by atoms with Crippen molar-refractivity contribution in [3.63, 3.8) is 0 Å². The van der Waals surface area contributed by atoms with Crippen molar-refractivity contribution in [2.75, 3.05) is 7.11 Å². The van der Waals surface area contributed by atoms with Crippen molar-refractivity contribution in [3.8, 4) is 0 Å². The first-order chi connectivity index (χ1) is 24.4. The van der Waals surface area contributed by atoms with E-state index in [1.165, 1.54) is 77.0 Å². The van der Waals surface area contributed by atoms with Gasteiger partial charge in [0.05, 0.1) is 14.2 Å². The Morgan fingerprint density at radius 2 is 0.906 bits per heavy atom. The first-order valence-electron chi connectivity index (χ1n) is 23.9. The lowest BCUT2D eigenvalue weighted by Crippen LogP contribution is -2.54. The minimum atomic E-state index is -1.68. The molecule has 0 N–H and O–H groups in total. The van der Waals surface area contributed by atoms with Gasteiger partial charge in [0.15, 0.2) is 0 Å². The quantitative estimate of drug-likeness (QED) is 0.254. The number of hydrogen-bond acceptors (Lipinski definition) is 1. The molecule has 13 unspecified atom stereocenters. The Morgan fingerprint density at radius 1 is 0.453 bits per heavy atom. The molecule has 6 aliphatic rings. The van der Waals surface area contributed by atoms with Crippen molar-refractivity contribution in [2.24, 2.45) is 105 Å². The maximum atomic E-state index is 6.73. The molecule has 0 spiro atoms. The molecule has 0 radical (unpaired) electrons. The van der Waals surface area contributed by atoms with Crippen LogP contribution in [0.25, 0.3) is 0 Å². The minimum Gasteiger partial charge on any atom is -0.381 e. The van der Waals surface area contributed by atoms with Gasteiger partial charge in [0.1, 0.15) is 0 Å². The third-order valence-corrected chi connectivity index (χ3v) is 24.7. The summed E-state index contributed by atoms with van der Waals surface area (Å²) >= 11 is 0. The van der Waals surface area contributed by atoms with Gasteiger partial charge in [0.2, 0.25) is 0 Å². The summed E-state index contributed by atoms with van der Waals surface area (Å²) in [5, 5.41) is 0. The standard InChI is InChI=1S/C51H94OSi/c1-31-23-39-38(34-25-35(48(3,4)5)27-36(26-34)49(6,7)8)28-37(50(9,10)11)29-41(39)46(31)53(16,17)47-32(2)24-40-42(47)30-43(51(12,13)14)45(52-15)44(40)33-21-19-18-20-22-33/h31-47H,18-30H2,1-17H3/t31?,32?,34?,35?,36?,37?,38-,39?,40?,41?,42?,43?,44-,45?,46?,47?/m1/s1. The predicted octanol–water partition coefficient (Wildman–Crippen LogP) is 15.5. The fraction of sp³-hybridized carbons (Fsp3) is 1.00. The van der Waals surface area contributed by atoms with Gasteiger partial charge in [-0.25, -0.2) is 0 Å². The van der Waals surface area contributed by atoms with Crippen LogP contribution in [0.3, 0.4) is 0 Å². The highest BCUT2D eigenvalue weighted by Crippen LogP contribution is 2.70. The molecule has 0 aromatic rings. The first-order valence-corrected chi connectivity index (χ1v) is 27.0. The number of ether oxygens (including phenoxy) is 1. The van der Waals surface area contributed by atoms with Gasteiger partial charge < -0.3 is 4.74 Å². The Balaban J connectivity index is 1.35. The molecule has 15 atom stereocenters. The van der Waals surface area contributed by atoms with Gasteiger partial charge in [-0.2, -0.15) is 0 Å². The highest BCUT2D eigenvalue weighted by Gasteiger charge is 2.64. The fourth-order valence-corrected chi connectivity index (χ4v) is 23.4. The monoisotopic (exact) mass is 751 g/mol. The molecule has 53 heavy (non-hydrogen) atoms. The molecule has 308 valence electrons. The lowest BCUT2D eigenvalue weighted by atomic mass is 9.53. The molecule has 1 nitrogen and oxygen atoms in total. The summed E-state index contributed by atoms with van der Waals surface area (Å²) in [6, 6.07) is 0. The Labute approximate surface area is 333 Å². The van der Waals surface area contributed by atoms with E-state index < -0.39 is 8.07 Å². The number of hydrogen-bond donors (Lipinski definition) is 0. The lowest BCUT2D eigenvalue weighted by molar-refractivity contribution is -0.117. The van der Waals surface area contributed by atoms with Crippen molar-refractivity contribution in [3.05, 3.63) is 0 Å². The van der Waals surface area contributed by atoms with Crippen molar-refractivity contribution in [2.45, 2.75) is 211 Å². The van der Waals surface area contributed by atoms with Crippen LogP contribution in [-0.2, 0) is 4.74 Å². The molecular formula is C51H94OSi. The fourth-order valence-electron chi connectivity index (χ4n) is 16.8. The third-order valence-electron chi connectivity index (χ3n) is 19.3. The zero-order valence-electron chi connectivity index (χ0n) is 38.9. The molecule has 6 fully saturated rings. The molecule has 0 amide bonds. The van der Waals surface area contributed by atoms with Crippen LogP contribution in [-0.4, -0.2) is 21.3 Å². The van der Waals surface area contributed by atoms with Crippen molar-refractivity contribution in [1.82, 2.24) is 0 Å². The van der Waals surface area contributed by atoms with Gasteiger partial charge in [-0.3, -0.25) is 0 Å². The van der Waals surface area contributed by atoms with Gasteiger partial charge >= 0.3 is 0 Å². The van der Waals surface area contributed by atoms with E-state index >= 15 is 0 Å². The van der Waals surface area contributed by atoms with Gasteiger partial charge in [0.25, 0.3) is 0 Å². The summed E-state index contributed by atoms with van der Waals surface area (Å²) in [6.07, 6.45) is 19.8. The smallest absolute Gasteiger partial charge is 0.0638 e. The Kier molecular flexibility index (Phi) is 12.2. The Bertz CT molecular complexity index is 1190. The molecule has 0 heterocycles. The van der Waals surface area contributed by atoms with Gasteiger partial charge in [0, 0.05) is 7.11 Å². The maximum Gasteiger partial charge on any atom is 0.0638 e. The molecule has 6 saturated carbocycles. The van der Waals surface area contributed by atoms with Crippen LogP contribution in [0.1, 0.15) is 180 Å². The van der Waals surface area contributed by atoms with Crippen LogP contribution in [0.5, 0.6) is 0 Å². The van der Waals surface area contributed by atoms with E-state index in [0.717, 1.165) is 88.0 Å². The van der Waals surface area contributed by atoms with E-state index in [-0.39, 0.29) is 0 Å². The summed E-state index contributed by atoms with van der Waals surface area (Å²) in [5.41, 5.74) is 3.51. The molecule has 0 aliphatic heterocycles. The number of fused-ring (bicyclic) bond motifs is 2. The lowest BCUT2D eigenvalue weighted by Gasteiger charge is -2.56. The van der Waals surface area contributed by atoms with Gasteiger partial charge in [-0.1, -0.05) is 142 Å². The first kappa shape index (κ1) is 42.8. The van der Waals surface area contributed by atoms with Crippen LogP contribution >= 0.6 is 0 Å². The molecule has 2 heteroatoms. The summed E-state index contributed by atoms with van der Waals surface area (Å²) in [4.78, 5) is 0. The molecule has 6 aliphatic carbocycles. The second-order valence-electron chi connectivity index (χ2n) is 26.6. The second kappa shape index (κ2) is 15.1. The van der Waals surface area contributed by atoms with Crippen LogP contribution < -0.4 is 0 Å². The predicted molar refractivity (Wildman–Crippen MR) is 234 cm³/mol. The molecule has 0 aromatic heterocycles. The SMILES string of the molecule is COC1C(C(C)(C)C)CC2C(CC(C)C2[Si](C)(C)C2C(C)CC3C2CC(C(C)(C)C)C[C@@H]3C2CC(C(C)(C)C)CC(C(C)(C)C)C2)[C@H]1C1CCCCC1. The van der Waals surface area contributed by atoms with Crippen LogP contribution in [0.4, 0.5) is 0 Å². The summed E-state index contributed by atoms with van der Waals surface area (Å²) in [6.45, 7) is 42.5. The summed E-state index contributed by atoms with van der Waals surface area (Å²) < 4.78 is 6.73. The average Bonchev–Trinajstić information content (AvgIpc) is 3.57. The van der Waals surface area contributed by atoms with Crippen molar-refractivity contribution >= 4 is 8.07 Å². The third kappa shape index (κ3) is 8.25. The maximum absolute atomic E-state index is 6.73. The molecule has 0 aromatic carbocycles. The van der Waals surface area contributed by atoms with E-state index in [0.29, 0.717) is 33.7 Å². The van der Waals surface area contributed by atoms with Gasteiger partial charge in [-0.15, -0.1) is 0 Å². The van der Waals surface area contributed by atoms with Gasteiger partial charge in [-0.05, 0) is 167 Å². The Hall–Kier alpha value is 0.177. The van der Waals surface area contributed by atoms with Crippen molar-refractivity contribution < 1.29 is 4.74 Å². The van der Waals surface area contributed by atoms with Crippen molar-refractivity contribution in [1.29, 1.82) is 0 Å². The van der Waals surface area contributed by atoms with E-state index in [4.69, 9.17) is 4.74 Å². The summed E-state index contributed by atoms with van der Waals surface area (Å²) in [5.74, 6) is 12.4. The Morgan fingerprint density at radius 3 is 1.38 bits per heavy atom. The van der Waals surface area contributed by atoms with E-state index in [1.54, 1.807) is 6.42 Å². The largest absolute Gasteiger partial charge is 0.381 e. The van der Waals surface area contributed by atoms with E-state index in [9.17, 15) is 0 Å². The minimum absolute atomic E-state index is 0.304. The molecular weight excluding hydrogens is 657 g/mol. The zero-order valence-corrected chi connectivity index (χ0v) is 39.9. The normalized spacial score (nSPS) is 45.2. The number of methoxy groups -OCH3 is 1. The van der Waals surface area contributed by atoms with Crippen LogP contribution in [0.15, 0.2) is 0 Å². The van der Waals surface area contributed by atoms with E-state index in [1.807, 2.05) is 0 Å². The average molecular weight is 751 g/mol.